The van der Waals surface area contributed by atoms with E-state index in [0.29, 0.717) is 12.4 Å². The van der Waals surface area contributed by atoms with Crippen molar-refractivity contribution in [3.05, 3.63) is 36.4 Å². The second-order valence-corrected chi connectivity index (χ2v) is 8.15. The summed E-state index contributed by atoms with van der Waals surface area (Å²) in [6, 6.07) is 1.89. The fourth-order valence-electron chi connectivity index (χ4n) is 4.43. The van der Waals surface area contributed by atoms with Crippen LogP contribution in [0.15, 0.2) is 30.7 Å². The Morgan fingerprint density at radius 3 is 2.90 bits per heavy atom. The maximum Gasteiger partial charge on any atom is 0.252 e. The van der Waals surface area contributed by atoms with E-state index in [-0.39, 0.29) is 30.8 Å². The van der Waals surface area contributed by atoms with Crippen LogP contribution in [0.3, 0.4) is 0 Å². The molecule has 1 saturated heterocycles. The highest BCUT2D eigenvalue weighted by molar-refractivity contribution is 5.80. The van der Waals surface area contributed by atoms with Crippen molar-refractivity contribution >= 4 is 23.1 Å². The van der Waals surface area contributed by atoms with Crippen LogP contribution in [0.5, 0.6) is 0 Å². The number of fused-ring (bicyclic) bond motifs is 2. The zero-order chi connectivity index (χ0) is 20.2. The Kier molecular flexibility index (Phi) is 4.15. The van der Waals surface area contributed by atoms with E-state index in [1.807, 2.05) is 24.2 Å². The molecule has 1 saturated carbocycles. The molecular weight excluding hydrogens is 378 g/mol. The predicted octanol–water partition coefficient (Wildman–Crippen LogP) is 3.15. The molecule has 9 heteroatoms. The van der Waals surface area contributed by atoms with E-state index in [2.05, 4.69) is 26.5 Å². The van der Waals surface area contributed by atoms with Crippen molar-refractivity contribution in [1.29, 1.82) is 0 Å². The van der Waals surface area contributed by atoms with Gasteiger partial charge in [-0.2, -0.15) is 5.10 Å². The third-order valence-electron chi connectivity index (χ3n) is 6.01. The minimum atomic E-state index is -2.65. The lowest BCUT2D eigenvalue weighted by atomic mass is 9.97. The van der Waals surface area contributed by atoms with Crippen molar-refractivity contribution in [2.45, 2.75) is 50.1 Å². The minimum Gasteiger partial charge on any atom is -0.333 e. The summed E-state index contributed by atoms with van der Waals surface area (Å²) in [5.74, 6) is -3.08. The predicted molar refractivity (Wildman–Crippen MR) is 102 cm³/mol. The molecular formula is C20H22F2N6O. The van der Waals surface area contributed by atoms with Gasteiger partial charge in [0.05, 0.1) is 23.6 Å². The zero-order valence-electron chi connectivity index (χ0n) is 16.1. The van der Waals surface area contributed by atoms with Gasteiger partial charge >= 0.3 is 0 Å². The van der Waals surface area contributed by atoms with Gasteiger partial charge in [-0.3, -0.25) is 9.48 Å². The number of hydrogen-bond donors (Lipinski definition) is 1. The fourth-order valence-corrected chi connectivity index (χ4v) is 4.43. The molecule has 2 fully saturated rings. The van der Waals surface area contributed by atoms with Gasteiger partial charge in [0.2, 0.25) is 11.9 Å². The molecule has 7 nitrogen and oxygen atoms in total. The molecule has 0 aromatic carbocycles. The van der Waals surface area contributed by atoms with Crippen molar-refractivity contribution in [2.24, 2.45) is 13.0 Å². The first-order valence-electron chi connectivity index (χ1n) is 9.88. The lowest BCUT2D eigenvalue weighted by Gasteiger charge is -2.34. The zero-order valence-corrected chi connectivity index (χ0v) is 16.1. The smallest absolute Gasteiger partial charge is 0.252 e. The molecule has 3 aliphatic rings. The van der Waals surface area contributed by atoms with Crippen LogP contribution in [-0.2, 0) is 11.8 Å². The van der Waals surface area contributed by atoms with Gasteiger partial charge in [-0.15, -0.1) is 0 Å². The number of carbonyl (C=O) groups excluding carboxylic acids is 1. The topological polar surface area (TPSA) is 75.9 Å². The molecule has 0 radical (unpaired) electrons. The molecule has 2 aromatic heterocycles. The number of aromatic nitrogens is 4. The van der Waals surface area contributed by atoms with Crippen LogP contribution < -0.4 is 5.32 Å². The quantitative estimate of drug-likeness (QED) is 0.835. The van der Waals surface area contributed by atoms with E-state index >= 15 is 0 Å². The van der Waals surface area contributed by atoms with Crippen LogP contribution in [0.4, 0.5) is 20.4 Å². The summed E-state index contributed by atoms with van der Waals surface area (Å²) in [7, 11) is 1.84. The average molecular weight is 400 g/mol. The second kappa shape index (κ2) is 6.60. The molecule has 3 unspecified atom stereocenters. The molecule has 2 aromatic rings. The first-order valence-corrected chi connectivity index (χ1v) is 9.88. The highest BCUT2D eigenvalue weighted by Crippen LogP contribution is 2.51. The van der Waals surface area contributed by atoms with Crippen molar-refractivity contribution in [3.63, 3.8) is 0 Å². The Balaban J connectivity index is 1.31. The molecule has 2 aliphatic heterocycles. The van der Waals surface area contributed by atoms with Gasteiger partial charge in [-0.1, -0.05) is 6.08 Å². The number of hydrogen-bond acceptors (Lipinski definition) is 5. The van der Waals surface area contributed by atoms with Gasteiger partial charge in [-0.25, -0.2) is 18.7 Å². The van der Waals surface area contributed by atoms with E-state index in [1.54, 1.807) is 17.1 Å². The monoisotopic (exact) mass is 400 g/mol. The molecule has 152 valence electrons. The number of amides is 1. The highest BCUT2D eigenvalue weighted by Gasteiger charge is 2.58. The van der Waals surface area contributed by atoms with E-state index in [9.17, 15) is 13.6 Å². The summed E-state index contributed by atoms with van der Waals surface area (Å²) in [4.78, 5) is 23.3. The van der Waals surface area contributed by atoms with Crippen molar-refractivity contribution < 1.29 is 13.6 Å². The van der Waals surface area contributed by atoms with Gasteiger partial charge in [0.1, 0.15) is 0 Å². The number of nitrogens with zero attached hydrogens (tertiary/aromatic N) is 5. The van der Waals surface area contributed by atoms with Crippen molar-refractivity contribution in [1.82, 2.24) is 24.6 Å². The number of alkyl halides is 2. The van der Waals surface area contributed by atoms with Gasteiger partial charge in [0.25, 0.3) is 5.92 Å². The van der Waals surface area contributed by atoms with E-state index in [4.69, 9.17) is 0 Å². The number of rotatable bonds is 5. The maximum atomic E-state index is 13.2. The molecule has 5 rings (SSSR count). The average Bonchev–Trinajstić information content (AvgIpc) is 2.96. The number of halogens is 2. The lowest BCUT2D eigenvalue weighted by Crippen LogP contribution is -2.43. The third kappa shape index (κ3) is 3.49. The van der Waals surface area contributed by atoms with E-state index in [0.717, 1.165) is 29.8 Å². The Morgan fingerprint density at radius 2 is 2.21 bits per heavy atom. The molecule has 0 spiro atoms. The van der Waals surface area contributed by atoms with Crippen molar-refractivity contribution in [2.75, 3.05) is 5.32 Å². The van der Waals surface area contributed by atoms with Crippen LogP contribution in [0.25, 0.3) is 5.57 Å². The Bertz CT molecular complexity index is 987. The van der Waals surface area contributed by atoms with E-state index in [1.165, 1.54) is 0 Å². The molecule has 3 atom stereocenters. The van der Waals surface area contributed by atoms with Crippen LogP contribution in [0.1, 0.15) is 37.8 Å². The summed E-state index contributed by atoms with van der Waals surface area (Å²) >= 11 is 0. The van der Waals surface area contributed by atoms with Gasteiger partial charge in [0.15, 0.2) is 0 Å². The molecule has 2 bridgehead atoms. The summed E-state index contributed by atoms with van der Waals surface area (Å²) in [5.41, 5.74) is 2.70. The van der Waals surface area contributed by atoms with Crippen LogP contribution in [-0.4, -0.2) is 48.6 Å². The standard InChI is InChI=1S/C20H22F2N6O/c1-27-11-14(10-24-27)25-19-23-5-4-17(26-19)12-6-15-2-3-16(7-12)28(15)18(29)8-13-9-20(13,21)22/h4-6,10-11,13,15-16H,2-3,7-9H2,1H3,(H,23,25,26). The fraction of sp³-hybridized carbons (Fsp3) is 0.500. The highest BCUT2D eigenvalue weighted by atomic mass is 19.3. The summed E-state index contributed by atoms with van der Waals surface area (Å²) in [5, 5.41) is 7.25. The van der Waals surface area contributed by atoms with Crippen LogP contribution in [0.2, 0.25) is 0 Å². The first kappa shape index (κ1) is 18.2. The molecule has 1 N–H and O–H groups in total. The SMILES string of the molecule is Cn1cc(Nc2nccc(C3=CC4CCC(C3)N4C(=O)CC3CC3(F)F)n2)cn1. The number of anilines is 2. The number of nitrogens with one attached hydrogen (secondary N) is 1. The molecule has 1 aliphatic carbocycles. The number of aryl methyl sites for hydroxylation is 1. The minimum absolute atomic E-state index is 0.0340. The largest absolute Gasteiger partial charge is 0.333 e. The number of carbonyl (C=O) groups is 1. The molecule has 29 heavy (non-hydrogen) atoms. The first-order chi connectivity index (χ1) is 13.9. The van der Waals surface area contributed by atoms with Gasteiger partial charge in [-0.05, 0) is 30.9 Å². The lowest BCUT2D eigenvalue weighted by molar-refractivity contribution is -0.134. The van der Waals surface area contributed by atoms with Crippen LogP contribution >= 0.6 is 0 Å². The maximum absolute atomic E-state index is 13.2. The summed E-state index contributed by atoms with van der Waals surface area (Å²) in [6.45, 7) is 0. The Labute approximate surface area is 166 Å². The summed E-state index contributed by atoms with van der Waals surface area (Å²) < 4.78 is 28.1. The summed E-state index contributed by atoms with van der Waals surface area (Å²) in [6.07, 6.45) is 9.56. The second-order valence-electron chi connectivity index (χ2n) is 8.15. The van der Waals surface area contributed by atoms with Gasteiger partial charge < -0.3 is 10.2 Å². The van der Waals surface area contributed by atoms with E-state index < -0.39 is 11.8 Å². The molecule has 4 heterocycles. The Hall–Kier alpha value is -2.84. The third-order valence-corrected chi connectivity index (χ3v) is 6.01. The normalized spacial score (nSPS) is 26.9. The van der Waals surface area contributed by atoms with Crippen LogP contribution in [0, 0.1) is 5.92 Å². The Morgan fingerprint density at radius 1 is 1.38 bits per heavy atom. The molecule has 1 amide bonds. The van der Waals surface area contributed by atoms with Gasteiger partial charge in [0, 0.05) is 44.2 Å². The van der Waals surface area contributed by atoms with Crippen molar-refractivity contribution in [3.8, 4) is 0 Å².